The summed E-state index contributed by atoms with van der Waals surface area (Å²) in [4.78, 5) is 2.02. The minimum atomic E-state index is -0.604. The van der Waals surface area contributed by atoms with Crippen LogP contribution in [0.2, 0.25) is 0 Å². The minimum absolute atomic E-state index is 0.104. The molecular weight excluding hydrogens is 242 g/mol. The normalized spacial score (nSPS) is 12.7. The number of benzene rings is 1. The Kier molecular flexibility index (Phi) is 6.84. The maximum atomic E-state index is 10.4. The zero-order chi connectivity index (χ0) is 14.3. The topological polar surface area (TPSA) is 52.9 Å². The van der Waals surface area contributed by atoms with Crippen LogP contribution in [0.3, 0.4) is 0 Å². The number of aliphatic hydroxyl groups excluding tert-OH is 2. The lowest BCUT2D eigenvalue weighted by Crippen LogP contribution is -2.31. The van der Waals surface area contributed by atoms with Gasteiger partial charge in [0.2, 0.25) is 0 Å². The highest BCUT2D eigenvalue weighted by Gasteiger charge is 2.16. The van der Waals surface area contributed by atoms with Crippen molar-refractivity contribution in [3.63, 3.8) is 0 Å². The first kappa shape index (κ1) is 16.0. The molecule has 0 heterocycles. The van der Waals surface area contributed by atoms with Crippen LogP contribution in [0, 0.1) is 6.92 Å². The maximum absolute atomic E-state index is 10.4. The molecule has 4 nitrogen and oxygen atoms in total. The predicted octanol–water partition coefficient (Wildman–Crippen LogP) is 1.74. The number of aryl methyl sites for hydroxylation is 1. The summed E-state index contributed by atoms with van der Waals surface area (Å²) in [5.74, 6) is 0.737. The minimum Gasteiger partial charge on any atom is -0.493 e. The van der Waals surface area contributed by atoms with E-state index in [-0.39, 0.29) is 6.61 Å². The van der Waals surface area contributed by atoms with E-state index in [1.165, 1.54) is 0 Å². The van der Waals surface area contributed by atoms with E-state index in [4.69, 9.17) is 9.84 Å². The molecule has 0 aliphatic carbocycles. The van der Waals surface area contributed by atoms with Crippen LogP contribution >= 0.6 is 0 Å². The van der Waals surface area contributed by atoms with Crippen molar-refractivity contribution in [3.05, 3.63) is 29.3 Å². The summed E-state index contributed by atoms with van der Waals surface area (Å²) in [5.41, 5.74) is 1.92. The number of hydrogen-bond acceptors (Lipinski definition) is 4. The molecule has 1 atom stereocenters. The Labute approximate surface area is 115 Å². The average molecular weight is 267 g/mol. The van der Waals surface area contributed by atoms with Crippen LogP contribution in [0.4, 0.5) is 0 Å². The van der Waals surface area contributed by atoms with Crippen LogP contribution in [0.1, 0.15) is 31.1 Å². The molecule has 19 heavy (non-hydrogen) atoms. The standard InChI is InChI=1S/C15H25NO3/c1-4-16(8-9-17)11-14(18)13-10-12(3)6-7-15(13)19-5-2/h6-7,10,14,17-18H,4-5,8-9,11H2,1-3H3. The molecule has 1 aromatic carbocycles. The van der Waals surface area contributed by atoms with Crippen LogP contribution in [-0.4, -0.2) is 48.0 Å². The molecule has 0 bridgehead atoms. The molecule has 1 aromatic rings. The highest BCUT2D eigenvalue weighted by molar-refractivity contribution is 5.38. The van der Waals surface area contributed by atoms with Gasteiger partial charge < -0.3 is 14.9 Å². The third kappa shape index (κ3) is 4.82. The summed E-state index contributed by atoms with van der Waals surface area (Å²) in [6.07, 6.45) is -0.604. The second-order valence-corrected chi connectivity index (χ2v) is 4.61. The van der Waals surface area contributed by atoms with E-state index < -0.39 is 6.10 Å². The molecule has 0 radical (unpaired) electrons. The van der Waals surface area contributed by atoms with Crippen molar-refractivity contribution < 1.29 is 14.9 Å². The van der Waals surface area contributed by atoms with Gasteiger partial charge in [-0.2, -0.15) is 0 Å². The number of likely N-dealkylation sites (N-methyl/N-ethyl adjacent to an activating group) is 1. The molecule has 108 valence electrons. The fourth-order valence-corrected chi connectivity index (χ4v) is 2.08. The average Bonchev–Trinajstić information content (AvgIpc) is 2.40. The van der Waals surface area contributed by atoms with Gasteiger partial charge in [0.25, 0.3) is 0 Å². The van der Waals surface area contributed by atoms with E-state index in [1.807, 2.05) is 43.9 Å². The van der Waals surface area contributed by atoms with E-state index >= 15 is 0 Å². The fraction of sp³-hybridized carbons (Fsp3) is 0.600. The van der Waals surface area contributed by atoms with Gasteiger partial charge in [-0.3, -0.25) is 4.90 Å². The van der Waals surface area contributed by atoms with Gasteiger partial charge in [0.15, 0.2) is 0 Å². The van der Waals surface area contributed by atoms with Crippen molar-refractivity contribution in [1.29, 1.82) is 0 Å². The van der Waals surface area contributed by atoms with Gasteiger partial charge in [-0.1, -0.05) is 18.6 Å². The second kappa shape index (κ2) is 8.15. The molecule has 0 aromatic heterocycles. The summed E-state index contributed by atoms with van der Waals surface area (Å²) >= 11 is 0. The zero-order valence-corrected chi connectivity index (χ0v) is 12.1. The molecule has 0 amide bonds. The zero-order valence-electron chi connectivity index (χ0n) is 12.1. The second-order valence-electron chi connectivity index (χ2n) is 4.61. The number of aliphatic hydroxyl groups is 2. The highest BCUT2D eigenvalue weighted by Crippen LogP contribution is 2.27. The van der Waals surface area contributed by atoms with Gasteiger partial charge in [-0.15, -0.1) is 0 Å². The molecule has 1 unspecified atom stereocenters. The van der Waals surface area contributed by atoms with Gasteiger partial charge in [0.1, 0.15) is 5.75 Å². The largest absolute Gasteiger partial charge is 0.493 e. The van der Waals surface area contributed by atoms with Crippen molar-refractivity contribution in [2.24, 2.45) is 0 Å². The first-order valence-corrected chi connectivity index (χ1v) is 6.87. The van der Waals surface area contributed by atoms with Crippen LogP contribution in [-0.2, 0) is 0 Å². The summed E-state index contributed by atoms with van der Waals surface area (Å²) in [6.45, 7) is 8.50. The van der Waals surface area contributed by atoms with E-state index in [0.717, 1.165) is 23.4 Å². The van der Waals surface area contributed by atoms with Gasteiger partial charge >= 0.3 is 0 Å². The predicted molar refractivity (Wildman–Crippen MR) is 76.5 cm³/mol. The molecule has 0 saturated heterocycles. The van der Waals surface area contributed by atoms with E-state index in [1.54, 1.807) is 0 Å². The summed E-state index contributed by atoms with van der Waals surface area (Å²) in [6, 6.07) is 5.84. The van der Waals surface area contributed by atoms with Gasteiger partial charge in [-0.05, 0) is 32.5 Å². The van der Waals surface area contributed by atoms with E-state index in [9.17, 15) is 5.11 Å². The van der Waals surface area contributed by atoms with Gasteiger partial charge in [-0.25, -0.2) is 0 Å². The van der Waals surface area contributed by atoms with Crippen LogP contribution in [0.5, 0.6) is 5.75 Å². The third-order valence-electron chi connectivity index (χ3n) is 3.12. The van der Waals surface area contributed by atoms with Crippen LogP contribution in [0.25, 0.3) is 0 Å². The molecule has 0 fully saturated rings. The van der Waals surface area contributed by atoms with Crippen molar-refractivity contribution in [2.75, 3.05) is 32.8 Å². The SMILES string of the molecule is CCOc1ccc(C)cc1C(O)CN(CC)CCO. The number of hydrogen-bond donors (Lipinski definition) is 2. The molecule has 0 saturated carbocycles. The van der Waals surface area contributed by atoms with Crippen molar-refractivity contribution in [2.45, 2.75) is 26.9 Å². The van der Waals surface area contributed by atoms with Crippen molar-refractivity contribution in [3.8, 4) is 5.75 Å². The molecule has 0 aliphatic heterocycles. The number of rotatable bonds is 8. The van der Waals surface area contributed by atoms with Gasteiger partial charge in [0.05, 0.1) is 19.3 Å². The Morgan fingerprint density at radius 3 is 2.63 bits per heavy atom. The summed E-state index contributed by atoms with van der Waals surface area (Å²) in [7, 11) is 0. The first-order valence-electron chi connectivity index (χ1n) is 6.87. The van der Waals surface area contributed by atoms with Crippen LogP contribution < -0.4 is 4.74 Å². The fourth-order valence-electron chi connectivity index (χ4n) is 2.08. The Balaban J connectivity index is 2.84. The number of nitrogens with zero attached hydrogens (tertiary/aromatic N) is 1. The van der Waals surface area contributed by atoms with Crippen LogP contribution in [0.15, 0.2) is 18.2 Å². The monoisotopic (exact) mass is 267 g/mol. The molecular formula is C15H25NO3. The van der Waals surface area contributed by atoms with E-state index in [0.29, 0.717) is 19.7 Å². The van der Waals surface area contributed by atoms with Gasteiger partial charge in [0, 0.05) is 18.7 Å². The maximum Gasteiger partial charge on any atom is 0.125 e. The lowest BCUT2D eigenvalue weighted by atomic mass is 10.0. The quantitative estimate of drug-likeness (QED) is 0.753. The smallest absolute Gasteiger partial charge is 0.125 e. The Morgan fingerprint density at radius 1 is 1.32 bits per heavy atom. The summed E-state index contributed by atoms with van der Waals surface area (Å²) < 4.78 is 5.56. The lowest BCUT2D eigenvalue weighted by molar-refractivity contribution is 0.101. The number of ether oxygens (including phenoxy) is 1. The molecule has 2 N–H and O–H groups in total. The molecule has 1 rings (SSSR count). The molecule has 0 aliphatic rings. The van der Waals surface area contributed by atoms with Crippen molar-refractivity contribution in [1.82, 2.24) is 4.90 Å². The summed E-state index contributed by atoms with van der Waals surface area (Å²) in [5, 5.41) is 19.4. The first-order chi connectivity index (χ1) is 9.12. The Morgan fingerprint density at radius 2 is 2.05 bits per heavy atom. The lowest BCUT2D eigenvalue weighted by Gasteiger charge is -2.24. The Hall–Kier alpha value is -1.10. The third-order valence-corrected chi connectivity index (χ3v) is 3.12. The highest BCUT2D eigenvalue weighted by atomic mass is 16.5. The molecule has 0 spiro atoms. The van der Waals surface area contributed by atoms with Crippen molar-refractivity contribution >= 4 is 0 Å². The van der Waals surface area contributed by atoms with E-state index in [2.05, 4.69) is 0 Å². The molecule has 4 heteroatoms. The Bertz CT molecular complexity index is 382.